The molecule has 0 aliphatic carbocycles. The summed E-state index contributed by atoms with van der Waals surface area (Å²) in [4.78, 5) is 155. The Hall–Kier alpha value is -6.76. The Morgan fingerprint density at radius 1 is 0.658 bits per heavy atom. The number of rotatable bonds is 20. The number of guanidine groups is 1. The Morgan fingerprint density at radius 2 is 1.24 bits per heavy atom. The smallest absolute Gasteiger partial charge is 0.335 e. The van der Waals surface area contributed by atoms with Crippen LogP contribution in [-0.2, 0) is 57.5 Å². The standard InChI is InChI=1S/C49H81N11O19/c1-24(2)14-10-8-6-5-7-9-11-15-27-22-32(64)56-33(26(4)62)41(69)53-25(3)44(72)59-20-13-17-30(59)40(68)54-28(16-12-19-52-49(50)51)39(67)57-34(37(65)46(74)75)42(70)55-29(23-61)45(73)60-21-18-31(63)36(60)43(71)58-35(48(78)79-27)38(66)47(76)77/h24-31,33-38,61-63,65-66H,5-23H2,1-4H3,(H,53,69)(H,54,68)(H,55,70)(H,56,64)(H,57,67)(H,58,71)(H,74,75)(H,76,77)(H4,50,51,52)/t25-,26+,27-,28-,29-,30+,31-,33+,34+,35+,36-,37+,38+/m1/s1. The summed E-state index contributed by atoms with van der Waals surface area (Å²) in [6, 6.07) is -15.3. The molecule has 0 bridgehead atoms. The molecule has 0 aromatic heterocycles. The molecule has 30 heteroatoms. The van der Waals surface area contributed by atoms with Crippen molar-refractivity contribution in [3.05, 3.63) is 0 Å². The minimum absolute atomic E-state index is 0.0308. The number of amides is 8. The highest BCUT2D eigenvalue weighted by molar-refractivity contribution is 6.00. The second kappa shape index (κ2) is 32.3. The maximum Gasteiger partial charge on any atom is 0.335 e. The molecule has 0 aromatic carbocycles. The molecule has 3 saturated heterocycles. The van der Waals surface area contributed by atoms with E-state index in [4.69, 9.17) is 16.2 Å². The van der Waals surface area contributed by atoms with E-state index in [9.17, 15) is 88.5 Å². The molecule has 30 nitrogen and oxygen atoms in total. The number of cyclic esters (lactones) is 1. The molecule has 3 heterocycles. The third-order valence-electron chi connectivity index (χ3n) is 13.7. The van der Waals surface area contributed by atoms with Gasteiger partial charge in [0.05, 0.1) is 25.2 Å². The highest BCUT2D eigenvalue weighted by Crippen LogP contribution is 2.23. The highest BCUT2D eigenvalue weighted by atomic mass is 16.5. The first kappa shape index (κ1) is 66.5. The predicted octanol–water partition coefficient (Wildman–Crippen LogP) is -5.33. The van der Waals surface area contributed by atoms with E-state index in [1.807, 2.05) is 16.0 Å². The number of aliphatic hydroxyl groups excluding tert-OH is 5. The van der Waals surface area contributed by atoms with Gasteiger partial charge in [0.25, 0.3) is 0 Å². The first-order valence-corrected chi connectivity index (χ1v) is 26.7. The molecular weight excluding hydrogens is 1050 g/mol. The fraction of sp³-hybridized carbons (Fsp3) is 0.755. The van der Waals surface area contributed by atoms with Crippen molar-refractivity contribution in [3.8, 4) is 0 Å². The van der Waals surface area contributed by atoms with Crippen LogP contribution in [-0.4, -0.2) is 222 Å². The molecule has 0 aromatic rings. The van der Waals surface area contributed by atoms with Crippen LogP contribution in [0.4, 0.5) is 0 Å². The summed E-state index contributed by atoms with van der Waals surface area (Å²) in [7, 11) is 0. The minimum Gasteiger partial charge on any atom is -0.479 e. The second-order valence-electron chi connectivity index (χ2n) is 20.5. The third kappa shape index (κ3) is 20.4. The van der Waals surface area contributed by atoms with Gasteiger partial charge in [-0.1, -0.05) is 58.8 Å². The number of fused-ring (bicyclic) bond motifs is 2. The lowest BCUT2D eigenvalue weighted by Gasteiger charge is -2.32. The number of aliphatic carboxylic acids is 2. The largest absolute Gasteiger partial charge is 0.479 e. The number of nitrogens with zero attached hydrogens (tertiary/aromatic N) is 3. The van der Waals surface area contributed by atoms with Gasteiger partial charge in [-0.05, 0) is 64.7 Å². The van der Waals surface area contributed by atoms with Gasteiger partial charge in [0.1, 0.15) is 48.4 Å². The molecule has 0 radical (unpaired) electrons. The van der Waals surface area contributed by atoms with Crippen LogP contribution in [0.25, 0.3) is 0 Å². The number of aliphatic imine (C=N–C) groups is 1. The molecule has 0 spiro atoms. The van der Waals surface area contributed by atoms with Crippen molar-refractivity contribution < 1.29 is 93.2 Å². The summed E-state index contributed by atoms with van der Waals surface area (Å²) >= 11 is 0. The molecule has 3 aliphatic heterocycles. The number of aliphatic hydroxyl groups is 5. The number of hydrogen-bond acceptors (Lipinski definition) is 18. The van der Waals surface area contributed by atoms with Gasteiger partial charge in [0.15, 0.2) is 24.2 Å². The Balaban J connectivity index is 2.11. The van der Waals surface area contributed by atoms with Gasteiger partial charge in [-0.2, -0.15) is 0 Å². The molecule has 446 valence electrons. The number of unbranched alkanes of at least 4 members (excludes halogenated alkanes) is 6. The molecule has 3 fully saturated rings. The van der Waals surface area contributed by atoms with Gasteiger partial charge in [0.2, 0.25) is 47.3 Å². The van der Waals surface area contributed by atoms with E-state index in [1.54, 1.807) is 0 Å². The zero-order chi connectivity index (χ0) is 59.3. The molecule has 3 rings (SSSR count). The summed E-state index contributed by atoms with van der Waals surface area (Å²) in [5, 5.41) is 86.5. The number of esters is 1. The summed E-state index contributed by atoms with van der Waals surface area (Å²) < 4.78 is 5.60. The van der Waals surface area contributed by atoms with Crippen molar-refractivity contribution in [1.29, 1.82) is 0 Å². The van der Waals surface area contributed by atoms with E-state index in [-0.39, 0.29) is 57.6 Å². The quantitative estimate of drug-likeness (QED) is 0.0234. The van der Waals surface area contributed by atoms with Gasteiger partial charge in [-0.15, -0.1) is 0 Å². The topological polar surface area (TPSA) is 482 Å². The minimum atomic E-state index is -2.77. The van der Waals surface area contributed by atoms with Crippen LogP contribution < -0.4 is 43.4 Å². The van der Waals surface area contributed by atoms with Crippen LogP contribution in [0, 0.1) is 5.92 Å². The Bertz CT molecular complexity index is 2180. The number of ether oxygens (including phenoxy) is 1. The molecule has 79 heavy (non-hydrogen) atoms. The van der Waals surface area contributed by atoms with Crippen molar-refractivity contribution in [1.82, 2.24) is 41.7 Å². The average molecular weight is 1130 g/mol. The number of nitrogens with two attached hydrogens (primary N) is 2. The first-order valence-electron chi connectivity index (χ1n) is 26.7. The van der Waals surface area contributed by atoms with Crippen molar-refractivity contribution in [2.24, 2.45) is 22.4 Å². The number of carboxylic acids is 2. The Morgan fingerprint density at radius 3 is 1.84 bits per heavy atom. The zero-order valence-corrected chi connectivity index (χ0v) is 45.0. The molecule has 8 amide bonds. The fourth-order valence-electron chi connectivity index (χ4n) is 9.37. The Kier molecular flexibility index (Phi) is 27.2. The van der Waals surface area contributed by atoms with Crippen molar-refractivity contribution in [2.75, 3.05) is 26.2 Å². The lowest BCUT2D eigenvalue weighted by molar-refractivity contribution is -0.165. The molecule has 0 unspecified atom stereocenters. The monoisotopic (exact) mass is 1130 g/mol. The number of carboxylic acid groups (broad SMARTS) is 2. The number of hydrogen-bond donors (Lipinski definition) is 15. The molecule has 0 saturated carbocycles. The summed E-state index contributed by atoms with van der Waals surface area (Å²) in [5.74, 6) is -15.0. The van der Waals surface area contributed by atoms with Gasteiger partial charge < -0.3 is 93.7 Å². The van der Waals surface area contributed by atoms with E-state index in [1.165, 1.54) is 6.92 Å². The third-order valence-corrected chi connectivity index (χ3v) is 13.7. The Labute approximate surface area is 456 Å². The van der Waals surface area contributed by atoms with Crippen molar-refractivity contribution >= 4 is 71.1 Å². The lowest BCUT2D eigenvalue weighted by Crippen LogP contribution is -2.64. The number of carbonyl (C=O) groups excluding carboxylic acids is 9. The second-order valence-corrected chi connectivity index (χ2v) is 20.5. The van der Waals surface area contributed by atoms with E-state index in [0.717, 1.165) is 50.3 Å². The lowest BCUT2D eigenvalue weighted by atomic mass is 10.0. The normalized spacial score (nSPS) is 27.8. The van der Waals surface area contributed by atoms with Crippen molar-refractivity contribution in [2.45, 2.75) is 203 Å². The van der Waals surface area contributed by atoms with E-state index >= 15 is 0 Å². The summed E-state index contributed by atoms with van der Waals surface area (Å²) in [6.45, 7) is 4.75. The SMILES string of the molecule is CC(C)CCCCCCCCC[C@@H]1CC(=O)N[C@@H]([C@H](C)O)C(=O)N[C@H](C)C(=O)N2CCC[C@H]2C(=O)N[C@H](CCCN=C(N)N)C(=O)N[C@@H]([C@H](O)C(=O)O)C(=O)N[C@H](CO)C(=O)N2CC[C@@H](O)[C@@H]2C(=O)N[C@@H]([C@H](O)C(=O)O)C(=O)O1. The first-order chi connectivity index (χ1) is 37.2. The van der Waals surface area contributed by atoms with E-state index in [2.05, 4.69) is 34.8 Å². The number of nitrogens with one attached hydrogen (secondary N) is 6. The van der Waals surface area contributed by atoms with E-state index in [0.29, 0.717) is 23.7 Å². The molecular formula is C49H81N11O19. The molecule has 3 aliphatic rings. The van der Waals surface area contributed by atoms with Crippen LogP contribution in [0.15, 0.2) is 4.99 Å². The van der Waals surface area contributed by atoms with Crippen molar-refractivity contribution in [3.63, 3.8) is 0 Å². The van der Waals surface area contributed by atoms with Crippen LogP contribution in [0.1, 0.15) is 124 Å². The van der Waals surface area contributed by atoms with Gasteiger partial charge in [0, 0.05) is 19.6 Å². The van der Waals surface area contributed by atoms with Gasteiger partial charge in [-0.3, -0.25) is 43.3 Å². The molecule has 13 atom stereocenters. The zero-order valence-electron chi connectivity index (χ0n) is 45.0. The maximum absolute atomic E-state index is 14.1. The highest BCUT2D eigenvalue weighted by Gasteiger charge is 2.47. The van der Waals surface area contributed by atoms with Gasteiger partial charge in [-0.25, -0.2) is 14.4 Å². The number of carbonyl (C=O) groups is 11. The summed E-state index contributed by atoms with van der Waals surface area (Å²) in [5.41, 5.74) is 10.8. The molecule has 17 N–H and O–H groups in total. The van der Waals surface area contributed by atoms with Crippen LogP contribution in [0.5, 0.6) is 0 Å². The van der Waals surface area contributed by atoms with Crippen LogP contribution in [0.2, 0.25) is 0 Å². The maximum atomic E-state index is 14.1. The van der Waals surface area contributed by atoms with Crippen LogP contribution in [0.3, 0.4) is 0 Å². The van der Waals surface area contributed by atoms with E-state index < -0.39 is 164 Å². The average Bonchev–Trinajstić information content (AvgIpc) is 4.05. The summed E-state index contributed by atoms with van der Waals surface area (Å²) in [6.07, 6.45) is -4.92. The van der Waals surface area contributed by atoms with Gasteiger partial charge >= 0.3 is 17.9 Å². The predicted molar refractivity (Wildman–Crippen MR) is 275 cm³/mol. The van der Waals surface area contributed by atoms with Crippen LogP contribution >= 0.6 is 0 Å². The fourth-order valence-corrected chi connectivity index (χ4v) is 9.37.